The third kappa shape index (κ3) is 5.25. The molecule has 0 spiro atoms. The van der Waals surface area contributed by atoms with Gasteiger partial charge in [0.05, 0.1) is 12.9 Å². The SMILES string of the molecule is CCCCCCOc1ccc2c(c1)C(CCn1ccnc1)CN2CC(=O)O. The number of aromatic nitrogens is 2. The van der Waals surface area contributed by atoms with Gasteiger partial charge in [-0.15, -0.1) is 0 Å². The van der Waals surface area contributed by atoms with Gasteiger partial charge in [0.25, 0.3) is 0 Å². The number of carboxylic acids is 1. The van der Waals surface area contributed by atoms with Crippen molar-refractivity contribution in [1.82, 2.24) is 9.55 Å². The van der Waals surface area contributed by atoms with Gasteiger partial charge in [0.15, 0.2) is 0 Å². The second kappa shape index (κ2) is 9.44. The smallest absolute Gasteiger partial charge is 0.323 e. The van der Waals surface area contributed by atoms with Crippen molar-refractivity contribution in [3.8, 4) is 5.75 Å². The first-order valence-electron chi connectivity index (χ1n) is 9.86. The summed E-state index contributed by atoms with van der Waals surface area (Å²) < 4.78 is 8.01. The number of carboxylic acid groups (broad SMARTS) is 1. The molecule has 1 atom stereocenters. The number of ether oxygens (including phenoxy) is 1. The molecular weight excluding hydrogens is 342 g/mol. The third-order valence-corrected chi connectivity index (χ3v) is 5.11. The van der Waals surface area contributed by atoms with Crippen molar-refractivity contribution < 1.29 is 14.6 Å². The molecule has 1 aliphatic heterocycles. The number of rotatable bonds is 11. The molecule has 27 heavy (non-hydrogen) atoms. The molecule has 6 heteroatoms. The Labute approximate surface area is 160 Å². The molecule has 1 aromatic carbocycles. The van der Waals surface area contributed by atoms with Crippen LogP contribution in [0.2, 0.25) is 0 Å². The number of unbranched alkanes of at least 4 members (excludes halogenated alkanes) is 3. The first kappa shape index (κ1) is 19.3. The fourth-order valence-corrected chi connectivity index (χ4v) is 3.70. The number of aliphatic carboxylic acids is 1. The Morgan fingerprint density at radius 1 is 1.33 bits per heavy atom. The normalized spacial score (nSPS) is 15.7. The fraction of sp³-hybridized carbons (Fsp3) is 0.524. The first-order chi connectivity index (χ1) is 13.2. The highest BCUT2D eigenvalue weighted by atomic mass is 16.5. The van der Waals surface area contributed by atoms with Crippen molar-refractivity contribution in [2.45, 2.75) is 51.5 Å². The lowest BCUT2D eigenvalue weighted by Crippen LogP contribution is -2.28. The minimum absolute atomic E-state index is 0.0335. The fourth-order valence-electron chi connectivity index (χ4n) is 3.70. The lowest BCUT2D eigenvalue weighted by Gasteiger charge is -2.17. The van der Waals surface area contributed by atoms with E-state index in [0.29, 0.717) is 5.92 Å². The Hall–Kier alpha value is -2.50. The number of hydrogen-bond donors (Lipinski definition) is 1. The Bertz CT molecular complexity index is 730. The average Bonchev–Trinajstić information content (AvgIpc) is 3.27. The summed E-state index contributed by atoms with van der Waals surface area (Å²) in [5.74, 6) is 0.382. The van der Waals surface area contributed by atoms with Crippen molar-refractivity contribution in [2.24, 2.45) is 0 Å². The molecule has 2 heterocycles. The summed E-state index contributed by atoms with van der Waals surface area (Å²) in [5, 5.41) is 9.23. The van der Waals surface area contributed by atoms with Crippen molar-refractivity contribution >= 4 is 11.7 Å². The maximum atomic E-state index is 11.2. The van der Waals surface area contributed by atoms with Crippen molar-refractivity contribution in [2.75, 3.05) is 24.6 Å². The Balaban J connectivity index is 1.67. The molecule has 1 unspecified atom stereocenters. The standard InChI is InChI=1S/C21H29N3O3/c1-2-3-4-5-12-27-18-6-7-20-19(13-18)17(14-24(20)15-21(25)26)8-10-23-11-9-22-16-23/h6-7,9,11,13,16-17H,2-5,8,10,12,14-15H2,1H3,(H,25,26). The van der Waals surface area contributed by atoms with E-state index in [9.17, 15) is 9.90 Å². The van der Waals surface area contributed by atoms with E-state index in [0.717, 1.165) is 44.0 Å². The number of nitrogens with zero attached hydrogens (tertiary/aromatic N) is 3. The van der Waals surface area contributed by atoms with Gasteiger partial charge in [0.2, 0.25) is 0 Å². The van der Waals surface area contributed by atoms with Gasteiger partial charge in [0.1, 0.15) is 12.3 Å². The highest BCUT2D eigenvalue weighted by Crippen LogP contribution is 2.40. The lowest BCUT2D eigenvalue weighted by atomic mass is 9.97. The summed E-state index contributed by atoms with van der Waals surface area (Å²) in [5.41, 5.74) is 2.22. The van der Waals surface area contributed by atoms with Crippen LogP contribution in [0, 0.1) is 0 Å². The van der Waals surface area contributed by atoms with Crippen LogP contribution in [0.1, 0.15) is 50.5 Å². The molecule has 0 amide bonds. The number of benzene rings is 1. The van der Waals surface area contributed by atoms with Crippen LogP contribution in [0.4, 0.5) is 5.69 Å². The van der Waals surface area contributed by atoms with Crippen molar-refractivity contribution in [3.05, 3.63) is 42.5 Å². The molecule has 0 bridgehead atoms. The van der Waals surface area contributed by atoms with Gasteiger partial charge in [-0.3, -0.25) is 4.79 Å². The average molecular weight is 371 g/mol. The highest BCUT2D eigenvalue weighted by Gasteiger charge is 2.30. The molecule has 2 aromatic rings. The minimum atomic E-state index is -0.799. The Morgan fingerprint density at radius 3 is 2.96 bits per heavy atom. The van der Waals surface area contributed by atoms with Gasteiger partial charge >= 0.3 is 5.97 Å². The van der Waals surface area contributed by atoms with E-state index in [-0.39, 0.29) is 6.54 Å². The quantitative estimate of drug-likeness (QED) is 0.606. The van der Waals surface area contributed by atoms with E-state index in [4.69, 9.17) is 4.74 Å². The van der Waals surface area contributed by atoms with Gasteiger partial charge < -0.3 is 19.3 Å². The second-order valence-corrected chi connectivity index (χ2v) is 7.19. The topological polar surface area (TPSA) is 67.6 Å². The molecule has 0 fully saturated rings. The molecular formula is C21H29N3O3. The number of carbonyl (C=O) groups is 1. The monoisotopic (exact) mass is 371 g/mol. The largest absolute Gasteiger partial charge is 0.494 e. The van der Waals surface area contributed by atoms with Gasteiger partial charge in [-0.25, -0.2) is 4.98 Å². The number of imidazole rings is 1. The molecule has 0 radical (unpaired) electrons. The minimum Gasteiger partial charge on any atom is -0.494 e. The first-order valence-corrected chi connectivity index (χ1v) is 9.86. The molecule has 0 saturated carbocycles. The predicted molar refractivity (Wildman–Crippen MR) is 106 cm³/mol. The molecule has 146 valence electrons. The zero-order valence-electron chi connectivity index (χ0n) is 16.0. The van der Waals surface area contributed by atoms with Gasteiger partial charge in [-0.1, -0.05) is 26.2 Å². The highest BCUT2D eigenvalue weighted by molar-refractivity contribution is 5.76. The molecule has 1 aromatic heterocycles. The molecule has 0 saturated heterocycles. The van der Waals surface area contributed by atoms with Crippen molar-refractivity contribution in [1.29, 1.82) is 0 Å². The molecule has 1 aliphatic rings. The number of aryl methyl sites for hydroxylation is 1. The van der Waals surface area contributed by atoms with E-state index < -0.39 is 5.97 Å². The molecule has 3 rings (SSSR count). The van der Waals surface area contributed by atoms with Crippen LogP contribution in [0.3, 0.4) is 0 Å². The Morgan fingerprint density at radius 2 is 2.22 bits per heavy atom. The summed E-state index contributed by atoms with van der Waals surface area (Å²) in [6.45, 7) is 4.57. The van der Waals surface area contributed by atoms with E-state index in [1.54, 1.807) is 6.20 Å². The van der Waals surface area contributed by atoms with Gasteiger partial charge in [0, 0.05) is 37.1 Å². The maximum Gasteiger partial charge on any atom is 0.323 e. The van der Waals surface area contributed by atoms with Crippen LogP contribution >= 0.6 is 0 Å². The summed E-state index contributed by atoms with van der Waals surface area (Å²) in [7, 11) is 0. The van der Waals surface area contributed by atoms with Gasteiger partial charge in [-0.2, -0.15) is 0 Å². The van der Waals surface area contributed by atoms with E-state index in [2.05, 4.69) is 22.5 Å². The Kier molecular flexibility index (Phi) is 6.74. The van der Waals surface area contributed by atoms with Crippen molar-refractivity contribution in [3.63, 3.8) is 0 Å². The number of anilines is 1. The summed E-state index contributed by atoms with van der Waals surface area (Å²) in [6, 6.07) is 6.08. The van der Waals surface area contributed by atoms with E-state index in [1.807, 2.05) is 29.6 Å². The number of hydrogen-bond acceptors (Lipinski definition) is 4. The predicted octanol–water partition coefficient (Wildman–Crippen LogP) is 3.92. The van der Waals surface area contributed by atoms with Crippen LogP contribution in [0.25, 0.3) is 0 Å². The zero-order valence-corrected chi connectivity index (χ0v) is 16.0. The van der Waals surface area contributed by atoms with E-state index in [1.165, 1.54) is 24.8 Å². The van der Waals surface area contributed by atoms with Crippen LogP contribution < -0.4 is 9.64 Å². The lowest BCUT2D eigenvalue weighted by molar-refractivity contribution is -0.135. The van der Waals surface area contributed by atoms with Crippen LogP contribution in [0.5, 0.6) is 5.75 Å². The molecule has 1 N–H and O–H groups in total. The summed E-state index contributed by atoms with van der Waals surface area (Å²) >= 11 is 0. The van der Waals surface area contributed by atoms with Gasteiger partial charge in [-0.05, 0) is 36.6 Å². The molecule has 6 nitrogen and oxygen atoms in total. The third-order valence-electron chi connectivity index (χ3n) is 5.11. The van der Waals surface area contributed by atoms with Crippen LogP contribution in [-0.4, -0.2) is 40.3 Å². The second-order valence-electron chi connectivity index (χ2n) is 7.19. The van der Waals surface area contributed by atoms with Crippen LogP contribution in [0.15, 0.2) is 36.9 Å². The summed E-state index contributed by atoms with van der Waals surface area (Å²) in [6.07, 6.45) is 11.2. The molecule has 0 aliphatic carbocycles. The summed E-state index contributed by atoms with van der Waals surface area (Å²) in [4.78, 5) is 17.3. The number of fused-ring (bicyclic) bond motifs is 1. The van der Waals surface area contributed by atoms with E-state index >= 15 is 0 Å². The van der Waals surface area contributed by atoms with Crippen LogP contribution in [-0.2, 0) is 11.3 Å². The maximum absolute atomic E-state index is 11.2. The zero-order chi connectivity index (χ0) is 19.1.